The van der Waals surface area contributed by atoms with Gasteiger partial charge in [0.1, 0.15) is 5.84 Å². The third-order valence-corrected chi connectivity index (χ3v) is 6.13. The molecule has 0 spiro atoms. The topological polar surface area (TPSA) is 126 Å². The van der Waals surface area contributed by atoms with E-state index in [0.29, 0.717) is 48.0 Å². The van der Waals surface area contributed by atoms with Crippen LogP contribution < -0.4 is 16.0 Å². The highest BCUT2D eigenvalue weighted by atomic mass is 16.5. The number of amidine groups is 1. The number of anilines is 2. The van der Waals surface area contributed by atoms with Crippen LogP contribution in [0.3, 0.4) is 0 Å². The summed E-state index contributed by atoms with van der Waals surface area (Å²) in [6, 6.07) is 12.2. The van der Waals surface area contributed by atoms with Crippen LogP contribution in [0.1, 0.15) is 54.1 Å². The number of ether oxygens (including phenoxy) is 1. The van der Waals surface area contributed by atoms with E-state index in [2.05, 4.69) is 12.2 Å². The van der Waals surface area contributed by atoms with Crippen LogP contribution in [0.25, 0.3) is 0 Å². The van der Waals surface area contributed by atoms with Crippen molar-refractivity contribution >= 4 is 34.8 Å². The first-order valence-electron chi connectivity index (χ1n) is 11.5. The van der Waals surface area contributed by atoms with Crippen molar-refractivity contribution in [3.05, 3.63) is 59.2 Å². The van der Waals surface area contributed by atoms with Crippen molar-refractivity contribution in [2.45, 2.75) is 39.0 Å². The first-order valence-corrected chi connectivity index (χ1v) is 11.5. The Bertz CT molecular complexity index is 1060. The van der Waals surface area contributed by atoms with Crippen molar-refractivity contribution in [1.29, 1.82) is 5.41 Å². The minimum Gasteiger partial charge on any atom is -0.384 e. The Hall–Kier alpha value is -3.52. The molecule has 2 aromatic rings. The fraction of sp³-hybridized carbons (Fsp3) is 0.385. The van der Waals surface area contributed by atoms with Crippen LogP contribution in [0.15, 0.2) is 42.5 Å². The first-order chi connectivity index (χ1) is 16.3. The maximum atomic E-state index is 13.0. The molecular formula is C26H32N4O4. The van der Waals surface area contributed by atoms with E-state index < -0.39 is 0 Å². The molecule has 0 aliphatic heterocycles. The Morgan fingerprint density at radius 2 is 1.88 bits per heavy atom. The zero-order chi connectivity index (χ0) is 24.7. The zero-order valence-corrected chi connectivity index (χ0v) is 19.7. The molecule has 3 rings (SSSR count). The number of amides is 2. The van der Waals surface area contributed by atoms with Gasteiger partial charge in [-0.2, -0.15) is 0 Å². The van der Waals surface area contributed by atoms with Crippen LogP contribution in [-0.4, -0.2) is 43.7 Å². The van der Waals surface area contributed by atoms with Gasteiger partial charge in [0.05, 0.1) is 6.61 Å². The summed E-state index contributed by atoms with van der Waals surface area (Å²) in [5, 5.41) is 10.2. The number of carbonyl (C=O) groups is 3. The Balaban J connectivity index is 1.66. The molecule has 0 heterocycles. The summed E-state index contributed by atoms with van der Waals surface area (Å²) in [7, 11) is 1.56. The minimum absolute atomic E-state index is 0.0127. The molecule has 1 aliphatic carbocycles. The third-order valence-electron chi connectivity index (χ3n) is 6.13. The number of nitrogens with one attached hydrogen (secondary N) is 2. The number of nitrogens with zero attached hydrogens (tertiary/aromatic N) is 1. The molecule has 1 unspecified atom stereocenters. The number of rotatable bonds is 10. The highest BCUT2D eigenvalue weighted by Crippen LogP contribution is 2.30. The SMILES string of the molecule is CCC1CC(=O)c2cc(N(CCOC)C(=O)CCC(=O)Nc3ccc(C(=N)N)cc3)ccc2C1. The van der Waals surface area contributed by atoms with E-state index in [1.165, 1.54) is 0 Å². The van der Waals surface area contributed by atoms with Gasteiger partial charge in [-0.3, -0.25) is 19.8 Å². The van der Waals surface area contributed by atoms with Crippen molar-refractivity contribution in [3.8, 4) is 0 Å². The molecule has 0 aromatic heterocycles. The summed E-state index contributed by atoms with van der Waals surface area (Å²) in [4.78, 5) is 39.7. The van der Waals surface area contributed by atoms with E-state index in [9.17, 15) is 14.4 Å². The van der Waals surface area contributed by atoms with Gasteiger partial charge in [0, 0.05) is 55.4 Å². The van der Waals surface area contributed by atoms with Crippen LogP contribution in [0.2, 0.25) is 0 Å². The fourth-order valence-corrected chi connectivity index (χ4v) is 4.11. The molecule has 1 aliphatic rings. The number of Topliss-reactive ketones (excluding diaryl/α,β-unsaturated/α-hetero) is 1. The van der Waals surface area contributed by atoms with Gasteiger partial charge in [-0.1, -0.05) is 19.4 Å². The van der Waals surface area contributed by atoms with Crippen LogP contribution >= 0.6 is 0 Å². The second-order valence-corrected chi connectivity index (χ2v) is 8.52. The predicted molar refractivity (Wildman–Crippen MR) is 132 cm³/mol. The molecule has 0 saturated carbocycles. The smallest absolute Gasteiger partial charge is 0.227 e. The molecule has 2 aromatic carbocycles. The van der Waals surface area contributed by atoms with E-state index in [0.717, 1.165) is 18.4 Å². The summed E-state index contributed by atoms with van der Waals surface area (Å²) in [6.07, 6.45) is 2.40. The number of hydrogen-bond acceptors (Lipinski definition) is 5. The third kappa shape index (κ3) is 6.29. The Kier molecular flexibility index (Phi) is 8.54. The Morgan fingerprint density at radius 3 is 2.53 bits per heavy atom. The molecule has 0 fully saturated rings. The number of nitrogen functional groups attached to an aromatic ring is 1. The highest BCUT2D eigenvalue weighted by molar-refractivity contribution is 6.02. The lowest BCUT2D eigenvalue weighted by atomic mass is 9.81. The summed E-state index contributed by atoms with van der Waals surface area (Å²) in [6.45, 7) is 2.76. The molecule has 0 saturated heterocycles. The van der Waals surface area contributed by atoms with Crippen molar-refractivity contribution in [1.82, 2.24) is 0 Å². The molecule has 0 bridgehead atoms. The largest absolute Gasteiger partial charge is 0.384 e. The molecule has 4 N–H and O–H groups in total. The van der Waals surface area contributed by atoms with Gasteiger partial charge in [0.15, 0.2) is 5.78 Å². The molecule has 8 nitrogen and oxygen atoms in total. The standard InChI is InChI=1S/C26H32N4O4/c1-3-17-14-19-6-9-21(16-22(19)23(31)15-17)30(12-13-34-2)25(33)11-10-24(32)29-20-7-4-18(5-8-20)26(27)28/h4-9,16-17H,3,10-15H2,1-2H3,(H3,27,28)(H,29,32). The van der Waals surface area contributed by atoms with Gasteiger partial charge in [-0.05, 0) is 54.3 Å². The molecule has 0 radical (unpaired) electrons. The second kappa shape index (κ2) is 11.6. The summed E-state index contributed by atoms with van der Waals surface area (Å²) in [5.41, 5.74) is 8.93. The second-order valence-electron chi connectivity index (χ2n) is 8.52. The molecule has 1 atom stereocenters. The van der Waals surface area contributed by atoms with Gasteiger partial charge < -0.3 is 20.7 Å². The Labute approximate surface area is 200 Å². The monoisotopic (exact) mass is 464 g/mol. The number of ketones is 1. The lowest BCUT2D eigenvalue weighted by molar-refractivity contribution is -0.122. The lowest BCUT2D eigenvalue weighted by Crippen LogP contribution is -2.35. The predicted octanol–water partition coefficient (Wildman–Crippen LogP) is 3.52. The number of carbonyl (C=O) groups excluding carboxylic acids is 3. The molecule has 2 amide bonds. The van der Waals surface area contributed by atoms with Crippen LogP contribution in [0.5, 0.6) is 0 Å². The lowest BCUT2D eigenvalue weighted by Gasteiger charge is -2.27. The minimum atomic E-state index is -0.290. The van der Waals surface area contributed by atoms with E-state index in [1.54, 1.807) is 42.3 Å². The van der Waals surface area contributed by atoms with E-state index >= 15 is 0 Å². The molecular weight excluding hydrogens is 432 g/mol. The van der Waals surface area contributed by atoms with Crippen molar-refractivity contribution in [3.63, 3.8) is 0 Å². The summed E-state index contributed by atoms with van der Waals surface area (Å²) < 4.78 is 5.17. The van der Waals surface area contributed by atoms with Gasteiger partial charge in [0.2, 0.25) is 11.8 Å². The van der Waals surface area contributed by atoms with Crippen LogP contribution in [-0.2, 0) is 20.7 Å². The number of hydrogen-bond donors (Lipinski definition) is 3. The molecule has 8 heteroatoms. The average Bonchev–Trinajstić information content (AvgIpc) is 2.83. The highest BCUT2D eigenvalue weighted by Gasteiger charge is 2.26. The van der Waals surface area contributed by atoms with Crippen molar-refractivity contribution < 1.29 is 19.1 Å². The normalized spacial score (nSPS) is 14.9. The number of nitrogens with two attached hydrogens (primary N) is 1. The van der Waals surface area contributed by atoms with Gasteiger partial charge in [-0.15, -0.1) is 0 Å². The van der Waals surface area contributed by atoms with Crippen LogP contribution in [0.4, 0.5) is 11.4 Å². The number of methoxy groups -OCH3 is 1. The molecule has 180 valence electrons. The van der Waals surface area contributed by atoms with E-state index in [1.807, 2.05) is 12.1 Å². The summed E-state index contributed by atoms with van der Waals surface area (Å²) >= 11 is 0. The zero-order valence-electron chi connectivity index (χ0n) is 19.7. The van der Waals surface area contributed by atoms with Gasteiger partial charge >= 0.3 is 0 Å². The average molecular weight is 465 g/mol. The number of fused-ring (bicyclic) bond motifs is 1. The Morgan fingerprint density at radius 1 is 1.15 bits per heavy atom. The first kappa shape index (κ1) is 25.1. The van der Waals surface area contributed by atoms with E-state index in [-0.39, 0.29) is 36.3 Å². The maximum Gasteiger partial charge on any atom is 0.227 e. The summed E-state index contributed by atoms with van der Waals surface area (Å²) in [5.74, 6) is -0.0668. The quantitative estimate of drug-likeness (QED) is 0.366. The van der Waals surface area contributed by atoms with Crippen molar-refractivity contribution in [2.24, 2.45) is 11.7 Å². The fourth-order valence-electron chi connectivity index (χ4n) is 4.11. The van der Waals surface area contributed by atoms with Crippen molar-refractivity contribution in [2.75, 3.05) is 30.5 Å². The van der Waals surface area contributed by atoms with Gasteiger partial charge in [0.25, 0.3) is 0 Å². The van der Waals surface area contributed by atoms with Gasteiger partial charge in [-0.25, -0.2) is 0 Å². The van der Waals surface area contributed by atoms with Crippen LogP contribution in [0, 0.1) is 11.3 Å². The maximum absolute atomic E-state index is 13.0. The molecule has 34 heavy (non-hydrogen) atoms. The number of benzene rings is 2. The van der Waals surface area contributed by atoms with E-state index in [4.69, 9.17) is 15.9 Å².